The highest BCUT2D eigenvalue weighted by atomic mass is 35.5. The molecule has 138 valence electrons. The minimum absolute atomic E-state index is 0.0190. The molecular weight excluding hydrogens is 356 g/mol. The topological polar surface area (TPSA) is 45.8 Å². The van der Waals surface area contributed by atoms with Crippen molar-refractivity contribution in [2.75, 3.05) is 0 Å². The van der Waals surface area contributed by atoms with Crippen molar-refractivity contribution in [3.05, 3.63) is 75.7 Å². The molecule has 4 heteroatoms. The number of aromatic amines is 1. The predicted molar refractivity (Wildman–Crippen MR) is 109 cm³/mol. The highest BCUT2D eigenvalue weighted by molar-refractivity contribution is 6.31. The van der Waals surface area contributed by atoms with Crippen LogP contribution in [0.15, 0.2) is 42.7 Å². The lowest BCUT2D eigenvalue weighted by Crippen LogP contribution is -2.27. The number of rotatable bonds is 3. The first-order chi connectivity index (χ1) is 12.8. The van der Waals surface area contributed by atoms with Crippen molar-refractivity contribution >= 4 is 17.4 Å². The monoisotopic (exact) mass is 378 g/mol. The van der Waals surface area contributed by atoms with E-state index in [1.165, 1.54) is 0 Å². The molecule has 2 aromatic heterocycles. The number of carbonyl (C=O) groups is 1. The zero-order valence-electron chi connectivity index (χ0n) is 15.9. The van der Waals surface area contributed by atoms with Gasteiger partial charge in [-0.25, -0.2) is 0 Å². The number of Topliss-reactive ketones (excluding diaryl/α,β-unsaturated/α-hetero) is 1. The Morgan fingerprint density at radius 2 is 1.89 bits per heavy atom. The fraction of sp³-hybridized carbons (Fsp3) is 0.304. The van der Waals surface area contributed by atoms with Crippen LogP contribution in [0.1, 0.15) is 53.0 Å². The van der Waals surface area contributed by atoms with Crippen LogP contribution >= 0.6 is 11.6 Å². The molecule has 1 aliphatic rings. The minimum atomic E-state index is -0.0190. The summed E-state index contributed by atoms with van der Waals surface area (Å²) in [5, 5.41) is 0.759. The Morgan fingerprint density at radius 1 is 1.15 bits per heavy atom. The van der Waals surface area contributed by atoms with Gasteiger partial charge in [-0.2, -0.15) is 0 Å². The van der Waals surface area contributed by atoms with Gasteiger partial charge in [0.25, 0.3) is 0 Å². The normalized spacial score (nSPS) is 15.6. The number of nitrogens with one attached hydrogen (secondary N) is 1. The molecule has 1 N–H and O–H groups in total. The number of carbonyl (C=O) groups excluding carboxylic acids is 1. The van der Waals surface area contributed by atoms with Gasteiger partial charge in [-0.15, -0.1) is 0 Å². The maximum absolute atomic E-state index is 13.0. The largest absolute Gasteiger partial charge is 0.358 e. The number of ketones is 1. The molecule has 0 aliphatic heterocycles. The first kappa shape index (κ1) is 18.0. The van der Waals surface area contributed by atoms with E-state index in [9.17, 15) is 4.79 Å². The number of hydrogen-bond donors (Lipinski definition) is 1. The Labute approximate surface area is 164 Å². The van der Waals surface area contributed by atoms with E-state index in [2.05, 4.69) is 29.9 Å². The van der Waals surface area contributed by atoms with E-state index in [1.54, 1.807) is 12.4 Å². The molecule has 1 aliphatic carbocycles. The highest BCUT2D eigenvalue weighted by Crippen LogP contribution is 2.40. The fourth-order valence-corrected chi connectivity index (χ4v) is 4.22. The second kappa shape index (κ2) is 6.65. The van der Waals surface area contributed by atoms with E-state index in [0.717, 1.165) is 50.6 Å². The molecule has 2 heterocycles. The van der Waals surface area contributed by atoms with Crippen molar-refractivity contribution in [1.82, 2.24) is 9.97 Å². The SMILES string of the molecule is Cc1ccc(Cc2c(-c3ccncc3)[nH]c3c2C(=O)CC(C)(C)C3)cc1Cl. The predicted octanol–water partition coefficient (Wildman–Crippen LogP) is 5.78. The number of pyridine rings is 1. The van der Waals surface area contributed by atoms with Gasteiger partial charge in [0.15, 0.2) is 5.78 Å². The maximum atomic E-state index is 13.0. The van der Waals surface area contributed by atoms with E-state index in [0.29, 0.717) is 12.8 Å². The summed E-state index contributed by atoms with van der Waals surface area (Å²) >= 11 is 6.34. The van der Waals surface area contributed by atoms with Crippen LogP contribution < -0.4 is 0 Å². The van der Waals surface area contributed by atoms with Gasteiger partial charge in [0.1, 0.15) is 0 Å². The molecule has 0 saturated carbocycles. The molecule has 4 rings (SSSR count). The summed E-state index contributed by atoms with van der Waals surface area (Å²) in [7, 11) is 0. The molecule has 27 heavy (non-hydrogen) atoms. The van der Waals surface area contributed by atoms with Crippen LogP contribution in [0.25, 0.3) is 11.3 Å². The van der Waals surface area contributed by atoms with Crippen LogP contribution in [0.5, 0.6) is 0 Å². The van der Waals surface area contributed by atoms with Gasteiger partial charge in [0.2, 0.25) is 0 Å². The van der Waals surface area contributed by atoms with Crippen molar-refractivity contribution in [1.29, 1.82) is 0 Å². The minimum Gasteiger partial charge on any atom is -0.358 e. The number of benzene rings is 1. The van der Waals surface area contributed by atoms with E-state index >= 15 is 0 Å². The molecule has 0 unspecified atom stereocenters. The number of fused-ring (bicyclic) bond motifs is 1. The van der Waals surface area contributed by atoms with Crippen LogP contribution in [0.3, 0.4) is 0 Å². The van der Waals surface area contributed by atoms with E-state index in [4.69, 9.17) is 11.6 Å². The molecule has 0 radical (unpaired) electrons. The van der Waals surface area contributed by atoms with E-state index in [-0.39, 0.29) is 11.2 Å². The number of halogens is 1. The number of H-pyrrole nitrogens is 1. The van der Waals surface area contributed by atoms with Crippen molar-refractivity contribution in [2.45, 2.75) is 40.0 Å². The van der Waals surface area contributed by atoms with E-state index < -0.39 is 0 Å². The molecule has 3 nitrogen and oxygen atoms in total. The van der Waals surface area contributed by atoms with Crippen LogP contribution in [0, 0.1) is 12.3 Å². The summed E-state index contributed by atoms with van der Waals surface area (Å²) in [6.45, 7) is 6.30. The maximum Gasteiger partial charge on any atom is 0.165 e. The summed E-state index contributed by atoms with van der Waals surface area (Å²) < 4.78 is 0. The second-order valence-electron chi connectivity index (χ2n) is 8.27. The Bertz CT molecular complexity index is 1020. The Hall–Kier alpha value is -2.39. The summed E-state index contributed by atoms with van der Waals surface area (Å²) in [5.41, 5.74) is 7.22. The number of nitrogens with zero attached hydrogens (tertiary/aromatic N) is 1. The number of hydrogen-bond acceptors (Lipinski definition) is 2. The molecule has 0 atom stereocenters. The fourth-order valence-electron chi connectivity index (χ4n) is 4.02. The zero-order valence-corrected chi connectivity index (χ0v) is 16.7. The summed E-state index contributed by atoms with van der Waals surface area (Å²) in [5.74, 6) is 0.228. The van der Waals surface area contributed by atoms with Gasteiger partial charge in [-0.05, 0) is 53.6 Å². The molecule has 0 spiro atoms. The van der Waals surface area contributed by atoms with Gasteiger partial charge in [0, 0.05) is 47.1 Å². The smallest absolute Gasteiger partial charge is 0.165 e. The van der Waals surface area contributed by atoms with Crippen molar-refractivity contribution in [3.63, 3.8) is 0 Å². The first-order valence-electron chi connectivity index (χ1n) is 9.26. The summed E-state index contributed by atoms with van der Waals surface area (Å²) in [6, 6.07) is 10.1. The van der Waals surface area contributed by atoms with Gasteiger partial charge < -0.3 is 4.98 Å². The standard InChI is InChI=1S/C23H23ClN2O/c1-14-4-5-15(11-18(14)24)10-17-21-19(12-23(2,3)13-20(21)27)26-22(17)16-6-8-25-9-7-16/h4-9,11,26H,10,12-13H2,1-3H3. The zero-order chi connectivity index (χ0) is 19.2. The second-order valence-corrected chi connectivity index (χ2v) is 8.68. The third kappa shape index (κ3) is 3.44. The van der Waals surface area contributed by atoms with Gasteiger partial charge in [-0.1, -0.05) is 37.6 Å². The Kier molecular flexibility index (Phi) is 4.43. The van der Waals surface area contributed by atoms with Gasteiger partial charge >= 0.3 is 0 Å². The number of aromatic nitrogens is 2. The van der Waals surface area contributed by atoms with E-state index in [1.807, 2.05) is 31.2 Å². The molecule has 1 aromatic carbocycles. The van der Waals surface area contributed by atoms with Crippen LogP contribution in [-0.4, -0.2) is 15.8 Å². The lowest BCUT2D eigenvalue weighted by molar-refractivity contribution is 0.0911. The average molecular weight is 379 g/mol. The molecule has 0 fully saturated rings. The van der Waals surface area contributed by atoms with Crippen LogP contribution in [0.4, 0.5) is 0 Å². The van der Waals surface area contributed by atoms with Crippen molar-refractivity contribution in [2.24, 2.45) is 5.41 Å². The molecule has 3 aromatic rings. The first-order valence-corrected chi connectivity index (χ1v) is 9.64. The van der Waals surface area contributed by atoms with Crippen molar-refractivity contribution in [3.8, 4) is 11.3 Å². The Balaban J connectivity index is 1.87. The third-order valence-electron chi connectivity index (χ3n) is 5.34. The number of aryl methyl sites for hydroxylation is 1. The Morgan fingerprint density at radius 3 is 2.59 bits per heavy atom. The van der Waals surface area contributed by atoms with Crippen LogP contribution in [0.2, 0.25) is 5.02 Å². The quantitative estimate of drug-likeness (QED) is 0.627. The lowest BCUT2D eigenvalue weighted by atomic mass is 9.75. The molecule has 0 saturated heterocycles. The van der Waals surface area contributed by atoms with Crippen molar-refractivity contribution < 1.29 is 4.79 Å². The average Bonchev–Trinajstić information content (AvgIpc) is 2.96. The van der Waals surface area contributed by atoms with Crippen LogP contribution in [-0.2, 0) is 12.8 Å². The molecule has 0 amide bonds. The third-order valence-corrected chi connectivity index (χ3v) is 5.75. The molecule has 0 bridgehead atoms. The summed E-state index contributed by atoms with van der Waals surface area (Å²) in [6.07, 6.45) is 5.70. The summed E-state index contributed by atoms with van der Waals surface area (Å²) in [4.78, 5) is 20.7. The molecular formula is C23H23ClN2O. The van der Waals surface area contributed by atoms with Gasteiger partial charge in [0.05, 0.1) is 5.69 Å². The van der Waals surface area contributed by atoms with Gasteiger partial charge in [-0.3, -0.25) is 9.78 Å². The lowest BCUT2D eigenvalue weighted by Gasteiger charge is -2.28. The highest BCUT2D eigenvalue weighted by Gasteiger charge is 2.35.